The molecule has 1 aliphatic heterocycles. The molecule has 1 aromatic rings. The third-order valence-corrected chi connectivity index (χ3v) is 3.41. The highest BCUT2D eigenvalue weighted by molar-refractivity contribution is 5.43. The molecule has 0 radical (unpaired) electrons. The van der Waals surface area contributed by atoms with E-state index in [1.807, 2.05) is 0 Å². The molecule has 2 heterocycles. The van der Waals surface area contributed by atoms with E-state index in [1.165, 1.54) is 25.5 Å². The molecule has 4 nitrogen and oxygen atoms in total. The van der Waals surface area contributed by atoms with Crippen LogP contribution >= 0.6 is 0 Å². The summed E-state index contributed by atoms with van der Waals surface area (Å²) >= 11 is 0. The minimum absolute atomic E-state index is 0.317. The van der Waals surface area contributed by atoms with Crippen LogP contribution in [0.1, 0.15) is 45.4 Å². The first kappa shape index (κ1) is 14.0. The van der Waals surface area contributed by atoms with E-state index < -0.39 is 0 Å². The maximum absolute atomic E-state index is 13.9. The first-order valence-electron chi connectivity index (χ1n) is 7.32. The molecule has 0 aromatic carbocycles. The van der Waals surface area contributed by atoms with E-state index in [4.69, 9.17) is 0 Å². The molecule has 1 N–H and O–H groups in total. The van der Waals surface area contributed by atoms with Crippen molar-refractivity contribution in [2.45, 2.75) is 45.4 Å². The Balaban J connectivity index is 2.11. The third kappa shape index (κ3) is 4.04. The Labute approximate surface area is 114 Å². The van der Waals surface area contributed by atoms with Crippen LogP contribution in [-0.2, 0) is 0 Å². The van der Waals surface area contributed by atoms with Crippen LogP contribution in [0.15, 0.2) is 6.20 Å². The van der Waals surface area contributed by atoms with Gasteiger partial charge in [-0.3, -0.25) is 0 Å². The molecule has 0 aliphatic carbocycles. The van der Waals surface area contributed by atoms with Crippen molar-refractivity contribution in [1.29, 1.82) is 0 Å². The number of nitrogens with one attached hydrogen (secondary N) is 1. The topological polar surface area (TPSA) is 41.1 Å². The Bertz CT molecular complexity index is 389. The first-order valence-corrected chi connectivity index (χ1v) is 7.32. The smallest absolute Gasteiger partial charge is 0.224 e. The fourth-order valence-electron chi connectivity index (χ4n) is 2.36. The summed E-state index contributed by atoms with van der Waals surface area (Å²) in [6, 6.07) is 0. The Morgan fingerprint density at radius 2 is 1.89 bits per heavy atom. The van der Waals surface area contributed by atoms with Crippen LogP contribution in [0.3, 0.4) is 0 Å². The second-order valence-corrected chi connectivity index (χ2v) is 5.05. The van der Waals surface area contributed by atoms with Gasteiger partial charge in [0.2, 0.25) is 5.95 Å². The van der Waals surface area contributed by atoms with Gasteiger partial charge in [-0.05, 0) is 19.3 Å². The Morgan fingerprint density at radius 1 is 1.21 bits per heavy atom. The van der Waals surface area contributed by atoms with Gasteiger partial charge in [-0.25, -0.2) is 9.37 Å². The SMILES string of the molecule is CCCNc1ncc(F)c(N2CCCCCCC2)n1. The van der Waals surface area contributed by atoms with Gasteiger partial charge in [0.05, 0.1) is 6.20 Å². The molecular formula is C14H23FN4. The van der Waals surface area contributed by atoms with Crippen molar-refractivity contribution < 1.29 is 4.39 Å². The van der Waals surface area contributed by atoms with Crippen LogP contribution < -0.4 is 10.2 Å². The minimum Gasteiger partial charge on any atom is -0.354 e. The molecule has 0 amide bonds. The molecule has 0 bridgehead atoms. The average molecular weight is 266 g/mol. The number of nitrogens with zero attached hydrogens (tertiary/aromatic N) is 3. The Kier molecular flexibility index (Phi) is 5.36. The van der Waals surface area contributed by atoms with Gasteiger partial charge in [-0.2, -0.15) is 4.98 Å². The molecule has 1 aliphatic rings. The zero-order valence-corrected chi connectivity index (χ0v) is 11.7. The lowest BCUT2D eigenvalue weighted by Gasteiger charge is -2.26. The maximum atomic E-state index is 13.9. The molecule has 1 fully saturated rings. The first-order chi connectivity index (χ1) is 9.31. The number of aromatic nitrogens is 2. The van der Waals surface area contributed by atoms with Crippen molar-refractivity contribution in [1.82, 2.24) is 9.97 Å². The van der Waals surface area contributed by atoms with Crippen molar-refractivity contribution in [3.05, 3.63) is 12.0 Å². The molecular weight excluding hydrogens is 243 g/mol. The number of hydrogen-bond donors (Lipinski definition) is 1. The molecule has 0 unspecified atom stereocenters. The van der Waals surface area contributed by atoms with Crippen LogP contribution in [0, 0.1) is 5.82 Å². The fourth-order valence-corrected chi connectivity index (χ4v) is 2.36. The van der Waals surface area contributed by atoms with E-state index in [-0.39, 0.29) is 5.82 Å². The lowest BCUT2D eigenvalue weighted by atomic mass is 10.1. The summed E-state index contributed by atoms with van der Waals surface area (Å²) in [5, 5.41) is 3.11. The second kappa shape index (κ2) is 7.26. The van der Waals surface area contributed by atoms with Gasteiger partial charge in [0, 0.05) is 19.6 Å². The Hall–Kier alpha value is -1.39. The van der Waals surface area contributed by atoms with Gasteiger partial charge < -0.3 is 10.2 Å². The quantitative estimate of drug-likeness (QED) is 0.908. The van der Waals surface area contributed by atoms with Gasteiger partial charge in [0.15, 0.2) is 11.6 Å². The summed E-state index contributed by atoms with van der Waals surface area (Å²) < 4.78 is 13.9. The monoisotopic (exact) mass is 266 g/mol. The summed E-state index contributed by atoms with van der Waals surface area (Å²) in [4.78, 5) is 10.4. The maximum Gasteiger partial charge on any atom is 0.224 e. The minimum atomic E-state index is -0.317. The van der Waals surface area contributed by atoms with Gasteiger partial charge in [0.25, 0.3) is 0 Å². The van der Waals surface area contributed by atoms with Gasteiger partial charge in [-0.15, -0.1) is 0 Å². The van der Waals surface area contributed by atoms with Gasteiger partial charge in [0.1, 0.15) is 0 Å². The number of halogens is 1. The zero-order valence-electron chi connectivity index (χ0n) is 11.7. The number of rotatable bonds is 4. The van der Waals surface area contributed by atoms with Crippen molar-refractivity contribution in [2.24, 2.45) is 0 Å². The van der Waals surface area contributed by atoms with E-state index in [9.17, 15) is 4.39 Å². The van der Waals surface area contributed by atoms with E-state index in [1.54, 1.807) is 0 Å². The summed E-state index contributed by atoms with van der Waals surface area (Å²) in [6.45, 7) is 4.67. The molecule has 0 saturated carbocycles. The zero-order chi connectivity index (χ0) is 13.5. The molecule has 0 spiro atoms. The normalized spacial score (nSPS) is 16.8. The summed E-state index contributed by atoms with van der Waals surface area (Å²) in [5.41, 5.74) is 0. The number of hydrogen-bond acceptors (Lipinski definition) is 4. The van der Waals surface area contributed by atoms with Crippen LogP contribution in [0.5, 0.6) is 0 Å². The van der Waals surface area contributed by atoms with Crippen LogP contribution in [0.25, 0.3) is 0 Å². The van der Waals surface area contributed by atoms with Crippen molar-refractivity contribution in [2.75, 3.05) is 29.9 Å². The second-order valence-electron chi connectivity index (χ2n) is 5.05. The lowest BCUT2D eigenvalue weighted by molar-refractivity contribution is 0.538. The van der Waals surface area contributed by atoms with E-state index >= 15 is 0 Å². The largest absolute Gasteiger partial charge is 0.354 e. The summed E-state index contributed by atoms with van der Waals surface area (Å²) in [6.07, 6.45) is 8.25. The van der Waals surface area contributed by atoms with E-state index in [2.05, 4.69) is 27.1 Å². The standard InChI is InChI=1S/C14H23FN4/c1-2-8-16-14-17-11-12(15)13(18-14)19-9-6-4-3-5-7-10-19/h11H,2-10H2,1H3,(H,16,17,18). The molecule has 1 aromatic heterocycles. The highest BCUT2D eigenvalue weighted by Gasteiger charge is 2.15. The molecule has 2 rings (SSSR count). The summed E-state index contributed by atoms with van der Waals surface area (Å²) in [5.74, 6) is 0.665. The lowest BCUT2D eigenvalue weighted by Crippen LogP contribution is -2.29. The van der Waals surface area contributed by atoms with Crippen LogP contribution in [0.4, 0.5) is 16.2 Å². The van der Waals surface area contributed by atoms with Crippen molar-refractivity contribution in [3.63, 3.8) is 0 Å². The fraction of sp³-hybridized carbons (Fsp3) is 0.714. The molecule has 0 atom stereocenters. The van der Waals surface area contributed by atoms with Crippen molar-refractivity contribution in [3.8, 4) is 0 Å². The van der Waals surface area contributed by atoms with Crippen LogP contribution in [-0.4, -0.2) is 29.6 Å². The van der Waals surface area contributed by atoms with Crippen molar-refractivity contribution >= 4 is 11.8 Å². The highest BCUT2D eigenvalue weighted by atomic mass is 19.1. The molecule has 106 valence electrons. The predicted octanol–water partition coefficient (Wildman–Crippen LogP) is 3.21. The van der Waals surface area contributed by atoms with E-state index in [0.717, 1.165) is 38.9 Å². The summed E-state index contributed by atoms with van der Waals surface area (Å²) in [7, 11) is 0. The molecule has 1 saturated heterocycles. The third-order valence-electron chi connectivity index (χ3n) is 3.41. The average Bonchev–Trinajstić information content (AvgIpc) is 2.38. The Morgan fingerprint density at radius 3 is 2.58 bits per heavy atom. The molecule has 19 heavy (non-hydrogen) atoms. The highest BCUT2D eigenvalue weighted by Crippen LogP contribution is 2.21. The van der Waals surface area contributed by atoms with Crippen LogP contribution in [0.2, 0.25) is 0 Å². The predicted molar refractivity (Wildman–Crippen MR) is 76.1 cm³/mol. The van der Waals surface area contributed by atoms with E-state index in [0.29, 0.717) is 11.8 Å². The van der Waals surface area contributed by atoms with Gasteiger partial charge >= 0.3 is 0 Å². The molecule has 5 heteroatoms. The van der Waals surface area contributed by atoms with Gasteiger partial charge in [-0.1, -0.05) is 26.2 Å². The number of anilines is 2.